The second-order valence-electron chi connectivity index (χ2n) is 4.38. The predicted octanol–water partition coefficient (Wildman–Crippen LogP) is 5.60. The van der Waals surface area contributed by atoms with Crippen molar-refractivity contribution in [2.45, 2.75) is 19.8 Å². The SMILES string of the molecule is Cc1cc([CH]CCc2cccc(Br)c2)ccc1Cl. The predicted molar refractivity (Wildman–Crippen MR) is 82.1 cm³/mol. The highest BCUT2D eigenvalue weighted by molar-refractivity contribution is 9.10. The lowest BCUT2D eigenvalue weighted by Gasteiger charge is -2.05. The molecule has 0 spiro atoms. The van der Waals surface area contributed by atoms with E-state index in [0.29, 0.717) is 0 Å². The van der Waals surface area contributed by atoms with E-state index in [9.17, 15) is 0 Å². The van der Waals surface area contributed by atoms with E-state index in [2.05, 4.69) is 58.7 Å². The zero-order valence-electron chi connectivity index (χ0n) is 10.3. The molecule has 18 heavy (non-hydrogen) atoms. The van der Waals surface area contributed by atoms with Crippen LogP contribution in [-0.4, -0.2) is 0 Å². The number of hydrogen-bond acceptors (Lipinski definition) is 0. The van der Waals surface area contributed by atoms with E-state index in [-0.39, 0.29) is 0 Å². The van der Waals surface area contributed by atoms with Crippen LogP contribution in [0.3, 0.4) is 0 Å². The van der Waals surface area contributed by atoms with Crippen molar-refractivity contribution in [3.8, 4) is 0 Å². The number of rotatable bonds is 4. The van der Waals surface area contributed by atoms with E-state index in [1.54, 1.807) is 0 Å². The number of benzene rings is 2. The Morgan fingerprint density at radius 1 is 1.17 bits per heavy atom. The zero-order chi connectivity index (χ0) is 13.0. The first-order chi connectivity index (χ1) is 8.65. The molecule has 2 aromatic carbocycles. The molecule has 2 aromatic rings. The van der Waals surface area contributed by atoms with Gasteiger partial charge in [0.1, 0.15) is 0 Å². The van der Waals surface area contributed by atoms with Crippen LogP contribution in [0, 0.1) is 13.3 Å². The van der Waals surface area contributed by atoms with E-state index in [1.807, 2.05) is 13.0 Å². The summed E-state index contributed by atoms with van der Waals surface area (Å²) < 4.78 is 1.14. The highest BCUT2D eigenvalue weighted by Gasteiger charge is 1.99. The van der Waals surface area contributed by atoms with Gasteiger partial charge in [0.15, 0.2) is 0 Å². The molecular formula is C16H15BrCl. The van der Waals surface area contributed by atoms with Crippen molar-refractivity contribution in [1.29, 1.82) is 0 Å². The van der Waals surface area contributed by atoms with Crippen LogP contribution in [-0.2, 0) is 6.42 Å². The van der Waals surface area contributed by atoms with Gasteiger partial charge in [-0.25, -0.2) is 0 Å². The third-order valence-corrected chi connectivity index (χ3v) is 3.80. The molecule has 0 unspecified atom stereocenters. The molecule has 2 rings (SSSR count). The van der Waals surface area contributed by atoms with Gasteiger partial charge < -0.3 is 0 Å². The van der Waals surface area contributed by atoms with Crippen molar-refractivity contribution in [3.63, 3.8) is 0 Å². The van der Waals surface area contributed by atoms with Crippen molar-refractivity contribution in [2.24, 2.45) is 0 Å². The highest BCUT2D eigenvalue weighted by atomic mass is 79.9. The molecule has 0 fully saturated rings. The summed E-state index contributed by atoms with van der Waals surface area (Å²) in [6.07, 6.45) is 4.35. The van der Waals surface area contributed by atoms with E-state index < -0.39 is 0 Å². The lowest BCUT2D eigenvalue weighted by molar-refractivity contribution is 0.949. The van der Waals surface area contributed by atoms with Crippen LogP contribution in [0.15, 0.2) is 46.9 Å². The fourth-order valence-corrected chi connectivity index (χ4v) is 2.46. The Bertz CT molecular complexity index is 534. The smallest absolute Gasteiger partial charge is 0.0435 e. The van der Waals surface area contributed by atoms with Gasteiger partial charge in [-0.15, -0.1) is 0 Å². The Hall–Kier alpha value is -0.790. The lowest BCUT2D eigenvalue weighted by atomic mass is 10.0. The Balaban J connectivity index is 1.90. The molecule has 0 aliphatic heterocycles. The lowest BCUT2D eigenvalue weighted by Crippen LogP contribution is -1.89. The summed E-state index contributed by atoms with van der Waals surface area (Å²) in [4.78, 5) is 0. The molecule has 0 N–H and O–H groups in total. The standard InChI is InChI=1S/C16H15BrCl/c1-12-10-14(8-9-16(12)18)5-2-4-13-6-3-7-15(17)11-13/h3,5-11H,2,4H2,1H3. The highest BCUT2D eigenvalue weighted by Crippen LogP contribution is 2.19. The molecule has 0 nitrogen and oxygen atoms in total. The molecule has 93 valence electrons. The van der Waals surface area contributed by atoms with Crippen molar-refractivity contribution in [1.82, 2.24) is 0 Å². The van der Waals surface area contributed by atoms with Gasteiger partial charge >= 0.3 is 0 Å². The summed E-state index contributed by atoms with van der Waals surface area (Å²) in [7, 11) is 0. The number of hydrogen-bond donors (Lipinski definition) is 0. The maximum atomic E-state index is 6.01. The van der Waals surface area contributed by atoms with Crippen LogP contribution in [0.25, 0.3) is 0 Å². The van der Waals surface area contributed by atoms with Crippen LogP contribution >= 0.6 is 27.5 Å². The molecule has 0 saturated carbocycles. The minimum Gasteiger partial charge on any atom is -0.0841 e. The van der Waals surface area contributed by atoms with Crippen molar-refractivity contribution >= 4 is 27.5 Å². The van der Waals surface area contributed by atoms with Crippen LogP contribution in [0.4, 0.5) is 0 Å². The average molecular weight is 323 g/mol. The van der Waals surface area contributed by atoms with E-state index >= 15 is 0 Å². The summed E-state index contributed by atoms with van der Waals surface area (Å²) in [5, 5.41) is 0.833. The van der Waals surface area contributed by atoms with Gasteiger partial charge in [-0.05, 0) is 61.1 Å². The van der Waals surface area contributed by atoms with Gasteiger partial charge in [0.05, 0.1) is 0 Å². The van der Waals surface area contributed by atoms with Crippen LogP contribution in [0.5, 0.6) is 0 Å². The average Bonchev–Trinajstić information content (AvgIpc) is 2.34. The van der Waals surface area contributed by atoms with Gasteiger partial charge in [0.25, 0.3) is 0 Å². The van der Waals surface area contributed by atoms with Crippen LogP contribution in [0.2, 0.25) is 5.02 Å². The summed E-state index contributed by atoms with van der Waals surface area (Å²) in [5.74, 6) is 0. The fraction of sp³-hybridized carbons (Fsp3) is 0.188. The fourth-order valence-electron chi connectivity index (χ4n) is 1.89. The first-order valence-electron chi connectivity index (χ1n) is 5.99. The molecule has 2 heteroatoms. The summed E-state index contributed by atoms with van der Waals surface area (Å²) >= 11 is 9.50. The molecular weight excluding hydrogens is 308 g/mol. The molecule has 0 aromatic heterocycles. The Morgan fingerprint density at radius 2 is 2.00 bits per heavy atom. The molecule has 0 heterocycles. The van der Waals surface area contributed by atoms with Gasteiger partial charge in [-0.2, -0.15) is 0 Å². The third-order valence-electron chi connectivity index (χ3n) is 2.88. The topological polar surface area (TPSA) is 0 Å². The summed E-state index contributed by atoms with van der Waals surface area (Å²) in [5.41, 5.74) is 3.73. The maximum Gasteiger partial charge on any atom is 0.0435 e. The second-order valence-corrected chi connectivity index (χ2v) is 5.70. The Kier molecular flexibility index (Phi) is 4.85. The van der Waals surface area contributed by atoms with Gasteiger partial charge in [-0.3, -0.25) is 0 Å². The van der Waals surface area contributed by atoms with Gasteiger partial charge in [0, 0.05) is 9.50 Å². The van der Waals surface area contributed by atoms with Gasteiger partial charge in [-0.1, -0.05) is 51.8 Å². The molecule has 0 aliphatic carbocycles. The Morgan fingerprint density at radius 3 is 2.72 bits per heavy atom. The van der Waals surface area contributed by atoms with Crippen molar-refractivity contribution in [3.05, 3.63) is 75.1 Å². The molecule has 0 aliphatic rings. The maximum absolute atomic E-state index is 6.01. The number of halogens is 2. The molecule has 0 bridgehead atoms. The molecule has 0 atom stereocenters. The summed E-state index contributed by atoms with van der Waals surface area (Å²) in [6.45, 7) is 2.04. The second kappa shape index (κ2) is 6.40. The Labute approximate surface area is 122 Å². The quantitative estimate of drug-likeness (QED) is 0.687. The third kappa shape index (κ3) is 3.86. The minimum absolute atomic E-state index is 0.833. The van der Waals surface area contributed by atoms with Crippen molar-refractivity contribution in [2.75, 3.05) is 0 Å². The minimum atomic E-state index is 0.833. The zero-order valence-corrected chi connectivity index (χ0v) is 12.6. The summed E-state index contributed by atoms with van der Waals surface area (Å²) in [6, 6.07) is 14.6. The first kappa shape index (κ1) is 13.6. The molecule has 0 saturated heterocycles. The van der Waals surface area contributed by atoms with Crippen LogP contribution in [0.1, 0.15) is 23.1 Å². The molecule has 1 radical (unpaired) electrons. The van der Waals surface area contributed by atoms with Gasteiger partial charge in [0.2, 0.25) is 0 Å². The van der Waals surface area contributed by atoms with E-state index in [1.165, 1.54) is 11.1 Å². The van der Waals surface area contributed by atoms with E-state index in [0.717, 1.165) is 27.9 Å². The normalized spacial score (nSPS) is 10.6. The van der Waals surface area contributed by atoms with Crippen LogP contribution < -0.4 is 0 Å². The van der Waals surface area contributed by atoms with Crippen molar-refractivity contribution < 1.29 is 0 Å². The first-order valence-corrected chi connectivity index (χ1v) is 7.16. The largest absolute Gasteiger partial charge is 0.0841 e. The van der Waals surface area contributed by atoms with E-state index in [4.69, 9.17) is 11.6 Å². The molecule has 0 amide bonds. The monoisotopic (exact) mass is 321 g/mol. The number of aryl methyl sites for hydroxylation is 2.